The van der Waals surface area contributed by atoms with Gasteiger partial charge in [0.2, 0.25) is 23.7 Å². The molecule has 4 N–H and O–H groups in total. The van der Waals surface area contributed by atoms with Crippen molar-refractivity contribution in [2.75, 3.05) is 79.4 Å². The molecule has 61 heavy (non-hydrogen) atoms. The molecular formula is C45H53ClN10O5. The van der Waals surface area contributed by atoms with Crippen LogP contribution in [-0.4, -0.2) is 119 Å². The van der Waals surface area contributed by atoms with E-state index in [9.17, 15) is 19.5 Å². The van der Waals surface area contributed by atoms with Gasteiger partial charge in [-0.3, -0.25) is 29.6 Å². The van der Waals surface area contributed by atoms with Crippen molar-refractivity contribution in [3.63, 3.8) is 0 Å². The molecule has 0 bridgehead atoms. The second-order valence-corrected chi connectivity index (χ2v) is 17.4. The van der Waals surface area contributed by atoms with Gasteiger partial charge in [0.05, 0.1) is 43.1 Å². The molecule has 1 spiro atoms. The molecule has 7 heterocycles. The van der Waals surface area contributed by atoms with Gasteiger partial charge >= 0.3 is 0 Å². The van der Waals surface area contributed by atoms with Crippen LogP contribution in [0, 0.1) is 5.41 Å². The Bertz CT molecular complexity index is 2200. The zero-order chi connectivity index (χ0) is 41.9. The van der Waals surface area contributed by atoms with Crippen LogP contribution in [0.2, 0.25) is 5.02 Å². The van der Waals surface area contributed by atoms with E-state index in [4.69, 9.17) is 21.3 Å². The Balaban J connectivity index is 0.744. The minimum Gasteiger partial charge on any atom is -0.374 e. The summed E-state index contributed by atoms with van der Waals surface area (Å²) >= 11 is 6.63. The first kappa shape index (κ1) is 41.0. The third kappa shape index (κ3) is 9.15. The standard InChI is InChI=1S/C45H53ClN10O5/c46-36-27-48-44(52-41(36)55-22-23-61-38(28-55)32-4-2-1-3-5-32)50-34-24-35(26-47-25-34)56-21-16-45(43(56)60)14-19-54(20-15-45)40(58)29-53-17-12-31(13-18-53)30-6-8-33(9-7-30)49-37-10-11-39(57)51-42(37)59/h1-9,24-27,31,37-38,43,49,60H,10-23,28-29H2,(H,48,50,52)(H,51,57,59). The number of aromatic nitrogens is 3. The van der Waals surface area contributed by atoms with Crippen molar-refractivity contribution < 1.29 is 24.2 Å². The number of rotatable bonds is 10. The maximum absolute atomic E-state index is 13.5. The summed E-state index contributed by atoms with van der Waals surface area (Å²) in [6, 6.07) is 20.0. The molecule has 0 radical (unpaired) electrons. The lowest BCUT2D eigenvalue weighted by atomic mass is 9.76. The highest BCUT2D eigenvalue weighted by Gasteiger charge is 2.49. The summed E-state index contributed by atoms with van der Waals surface area (Å²) in [4.78, 5) is 59.3. The molecule has 5 aliphatic heterocycles. The van der Waals surface area contributed by atoms with Crippen molar-refractivity contribution in [1.82, 2.24) is 30.1 Å². The van der Waals surface area contributed by atoms with Crippen molar-refractivity contribution in [3.05, 3.63) is 95.4 Å². The molecule has 320 valence electrons. The fourth-order valence-corrected chi connectivity index (χ4v) is 9.85. The molecule has 2 aromatic heterocycles. The van der Waals surface area contributed by atoms with Crippen molar-refractivity contribution in [1.29, 1.82) is 0 Å². The number of piperidine rings is 3. The lowest BCUT2D eigenvalue weighted by Crippen LogP contribution is -2.51. The van der Waals surface area contributed by atoms with E-state index >= 15 is 0 Å². The van der Waals surface area contributed by atoms with Crippen LogP contribution in [0.1, 0.15) is 68.1 Å². The molecule has 5 fully saturated rings. The second-order valence-electron chi connectivity index (χ2n) is 17.0. The number of anilines is 5. The summed E-state index contributed by atoms with van der Waals surface area (Å²) in [5.41, 5.74) is 4.44. The fourth-order valence-electron chi connectivity index (χ4n) is 9.64. The largest absolute Gasteiger partial charge is 0.374 e. The van der Waals surface area contributed by atoms with Crippen LogP contribution in [0.5, 0.6) is 0 Å². The van der Waals surface area contributed by atoms with Gasteiger partial charge in [0, 0.05) is 50.2 Å². The Morgan fingerprint density at radius 3 is 2.44 bits per heavy atom. The number of amides is 3. The number of pyridine rings is 1. The van der Waals surface area contributed by atoms with Crippen LogP contribution < -0.4 is 25.8 Å². The molecule has 4 aromatic rings. The number of hydrogen-bond acceptors (Lipinski definition) is 13. The van der Waals surface area contributed by atoms with Crippen molar-refractivity contribution in [3.8, 4) is 0 Å². The Hall–Kier alpha value is -5.35. The smallest absolute Gasteiger partial charge is 0.249 e. The van der Waals surface area contributed by atoms with Crippen LogP contribution in [0.15, 0.2) is 79.3 Å². The minimum absolute atomic E-state index is 0.0898. The first-order chi connectivity index (χ1) is 29.7. The molecule has 3 unspecified atom stereocenters. The lowest BCUT2D eigenvalue weighted by molar-refractivity contribution is -0.136. The number of halogens is 1. The molecule has 15 nitrogen and oxygen atoms in total. The minimum atomic E-state index is -0.694. The SMILES string of the molecule is O=C1CCC(Nc2ccc(C3CCN(CC(=O)N4CCC5(CC4)CCN(c4cncc(Nc6ncc(Cl)c(N7CCOC(c8ccccc8)C7)n6)c4)C5O)CC3)cc2)C(=O)N1. The predicted molar refractivity (Wildman–Crippen MR) is 233 cm³/mol. The maximum atomic E-state index is 13.5. The number of morpholine rings is 1. The summed E-state index contributed by atoms with van der Waals surface area (Å²) in [7, 11) is 0. The third-order valence-corrected chi connectivity index (χ3v) is 13.6. The van der Waals surface area contributed by atoms with E-state index in [0.717, 1.165) is 62.1 Å². The van der Waals surface area contributed by atoms with Gasteiger partial charge in [-0.15, -0.1) is 0 Å². The monoisotopic (exact) mass is 848 g/mol. The first-order valence-electron chi connectivity index (χ1n) is 21.5. The number of nitrogens with zero attached hydrogens (tertiary/aromatic N) is 7. The van der Waals surface area contributed by atoms with Gasteiger partial charge in [-0.25, -0.2) is 4.98 Å². The number of imide groups is 1. The molecule has 3 amide bonds. The highest BCUT2D eigenvalue weighted by atomic mass is 35.5. The van der Waals surface area contributed by atoms with Gasteiger partial charge in [0.25, 0.3) is 0 Å². The van der Waals surface area contributed by atoms with Gasteiger partial charge < -0.3 is 35.2 Å². The highest BCUT2D eigenvalue weighted by molar-refractivity contribution is 6.32. The van der Waals surface area contributed by atoms with E-state index in [2.05, 4.69) is 60.0 Å². The van der Waals surface area contributed by atoms with Crippen LogP contribution in [-0.2, 0) is 19.1 Å². The zero-order valence-corrected chi connectivity index (χ0v) is 35.0. The number of aliphatic hydroxyl groups is 1. The Labute approximate surface area is 360 Å². The van der Waals surface area contributed by atoms with Gasteiger partial charge in [-0.1, -0.05) is 54.1 Å². The summed E-state index contributed by atoms with van der Waals surface area (Å²) in [6.45, 7) is 5.90. The number of nitrogens with one attached hydrogen (secondary N) is 3. The Morgan fingerprint density at radius 1 is 0.902 bits per heavy atom. The average Bonchev–Trinajstić information content (AvgIpc) is 3.60. The Morgan fingerprint density at radius 2 is 1.67 bits per heavy atom. The molecule has 2 aromatic carbocycles. The predicted octanol–water partition coefficient (Wildman–Crippen LogP) is 5.08. The van der Waals surface area contributed by atoms with Crippen molar-refractivity contribution in [2.45, 2.75) is 69.2 Å². The molecule has 0 saturated carbocycles. The normalized spacial score (nSPS) is 23.6. The van der Waals surface area contributed by atoms with E-state index in [1.54, 1.807) is 18.6 Å². The van der Waals surface area contributed by atoms with E-state index in [-0.39, 0.29) is 29.2 Å². The molecule has 3 atom stereocenters. The second kappa shape index (κ2) is 17.9. The topological polar surface area (TPSA) is 168 Å². The number of aliphatic hydroxyl groups excluding tert-OH is 1. The summed E-state index contributed by atoms with van der Waals surface area (Å²) in [5, 5.41) is 21.2. The molecule has 5 aliphatic rings. The average molecular weight is 849 g/mol. The lowest BCUT2D eigenvalue weighted by Gasteiger charge is -2.43. The number of likely N-dealkylation sites (tertiary alicyclic amines) is 2. The summed E-state index contributed by atoms with van der Waals surface area (Å²) in [6.07, 6.45) is 9.42. The summed E-state index contributed by atoms with van der Waals surface area (Å²) < 4.78 is 6.06. The van der Waals surface area contributed by atoms with Crippen molar-refractivity contribution >= 4 is 58.2 Å². The molecule has 0 aliphatic carbocycles. The molecule has 9 rings (SSSR count). The van der Waals surface area contributed by atoms with Crippen LogP contribution in [0.25, 0.3) is 0 Å². The quantitative estimate of drug-likeness (QED) is 0.156. The molecule has 5 saturated heterocycles. The van der Waals surface area contributed by atoms with Crippen LogP contribution in [0.3, 0.4) is 0 Å². The number of benzene rings is 2. The number of ether oxygens (including phenoxy) is 1. The van der Waals surface area contributed by atoms with Gasteiger partial charge in [0.1, 0.15) is 23.4 Å². The van der Waals surface area contributed by atoms with E-state index < -0.39 is 12.3 Å². The molecule has 16 heteroatoms. The fraction of sp³-hybridized carbons (Fsp3) is 0.467. The van der Waals surface area contributed by atoms with Gasteiger partial charge in [-0.05, 0) is 86.9 Å². The van der Waals surface area contributed by atoms with E-state index in [1.807, 2.05) is 46.2 Å². The van der Waals surface area contributed by atoms with E-state index in [0.29, 0.717) is 87.1 Å². The van der Waals surface area contributed by atoms with Gasteiger partial charge in [-0.2, -0.15) is 4.98 Å². The number of carbonyl (C=O) groups excluding carboxylic acids is 3. The first-order valence-corrected chi connectivity index (χ1v) is 21.9. The summed E-state index contributed by atoms with van der Waals surface area (Å²) in [5.74, 6) is 1.11. The van der Waals surface area contributed by atoms with Crippen LogP contribution in [0.4, 0.5) is 28.8 Å². The number of hydrogen-bond donors (Lipinski definition) is 4. The Kier molecular flexibility index (Phi) is 12.1. The van der Waals surface area contributed by atoms with Crippen LogP contribution >= 0.6 is 11.6 Å². The molecular weight excluding hydrogens is 796 g/mol. The maximum Gasteiger partial charge on any atom is 0.249 e. The number of carbonyl (C=O) groups is 3. The zero-order valence-electron chi connectivity index (χ0n) is 34.2. The van der Waals surface area contributed by atoms with Crippen molar-refractivity contribution in [2.24, 2.45) is 5.41 Å². The highest BCUT2D eigenvalue weighted by Crippen LogP contribution is 2.46. The van der Waals surface area contributed by atoms with E-state index in [1.165, 1.54) is 5.56 Å². The van der Waals surface area contributed by atoms with Gasteiger partial charge in [0.15, 0.2) is 5.82 Å². The third-order valence-electron chi connectivity index (χ3n) is 13.3.